The molecule has 0 saturated carbocycles. The Morgan fingerprint density at radius 2 is 1.86 bits per heavy atom. The third-order valence-corrected chi connectivity index (χ3v) is 4.07. The number of halogens is 2. The van der Waals surface area contributed by atoms with E-state index < -0.39 is 0 Å². The fourth-order valence-electron chi connectivity index (χ4n) is 2.70. The number of benzene rings is 2. The van der Waals surface area contributed by atoms with E-state index in [2.05, 4.69) is 0 Å². The minimum atomic E-state index is -0.265. The fraction of sp³-hybridized carbons (Fsp3) is 0.176. The molecule has 21 heavy (non-hydrogen) atoms. The molecule has 0 aliphatic rings. The van der Waals surface area contributed by atoms with Gasteiger partial charge in [0.2, 0.25) is 0 Å². The molecule has 0 spiro atoms. The van der Waals surface area contributed by atoms with Gasteiger partial charge in [-0.05, 0) is 48.4 Å². The zero-order valence-corrected chi connectivity index (χ0v) is 12.4. The normalized spacial score (nSPS) is 11.2. The molecule has 4 heteroatoms. The summed E-state index contributed by atoms with van der Waals surface area (Å²) < 4.78 is 15.5. The molecule has 1 aromatic heterocycles. The van der Waals surface area contributed by atoms with Crippen LogP contribution in [0.25, 0.3) is 10.9 Å². The SMILES string of the molecule is Cc1c(CO)n(Cc2ccc(Cl)cc2)c2ccc(F)cc12. The maximum atomic E-state index is 13.4. The van der Waals surface area contributed by atoms with E-state index in [1.165, 1.54) is 12.1 Å². The van der Waals surface area contributed by atoms with Gasteiger partial charge in [0.15, 0.2) is 0 Å². The van der Waals surface area contributed by atoms with E-state index in [4.69, 9.17) is 11.6 Å². The van der Waals surface area contributed by atoms with E-state index in [0.717, 1.165) is 27.7 Å². The van der Waals surface area contributed by atoms with Crippen LogP contribution >= 0.6 is 11.6 Å². The van der Waals surface area contributed by atoms with Crippen LogP contribution in [0, 0.1) is 12.7 Å². The summed E-state index contributed by atoms with van der Waals surface area (Å²) in [7, 11) is 0. The van der Waals surface area contributed by atoms with Gasteiger partial charge in [0.25, 0.3) is 0 Å². The molecule has 0 aliphatic heterocycles. The number of aryl methyl sites for hydroxylation is 1. The summed E-state index contributed by atoms with van der Waals surface area (Å²) in [6, 6.07) is 12.3. The van der Waals surface area contributed by atoms with E-state index >= 15 is 0 Å². The summed E-state index contributed by atoms with van der Waals surface area (Å²) >= 11 is 5.90. The molecule has 3 aromatic rings. The smallest absolute Gasteiger partial charge is 0.123 e. The monoisotopic (exact) mass is 303 g/mol. The van der Waals surface area contributed by atoms with E-state index in [9.17, 15) is 9.50 Å². The van der Waals surface area contributed by atoms with Gasteiger partial charge in [0.05, 0.1) is 6.61 Å². The number of fused-ring (bicyclic) bond motifs is 1. The van der Waals surface area contributed by atoms with Crippen molar-refractivity contribution in [2.45, 2.75) is 20.1 Å². The first kappa shape index (κ1) is 14.1. The Kier molecular flexibility index (Phi) is 3.70. The third-order valence-electron chi connectivity index (χ3n) is 3.82. The summed E-state index contributed by atoms with van der Waals surface area (Å²) in [4.78, 5) is 0. The summed E-state index contributed by atoms with van der Waals surface area (Å²) in [5.41, 5.74) is 3.73. The molecule has 0 bridgehead atoms. The third kappa shape index (κ3) is 2.55. The number of nitrogens with zero attached hydrogens (tertiary/aromatic N) is 1. The molecule has 0 unspecified atom stereocenters. The van der Waals surface area contributed by atoms with Crippen LogP contribution in [0.1, 0.15) is 16.8 Å². The van der Waals surface area contributed by atoms with Gasteiger partial charge in [0, 0.05) is 28.2 Å². The lowest BCUT2D eigenvalue weighted by Gasteiger charge is -2.10. The molecule has 0 fully saturated rings. The average molecular weight is 304 g/mol. The molecule has 2 aromatic carbocycles. The molecule has 1 N–H and O–H groups in total. The highest BCUT2D eigenvalue weighted by Gasteiger charge is 2.14. The van der Waals surface area contributed by atoms with Crippen molar-refractivity contribution < 1.29 is 9.50 Å². The lowest BCUT2D eigenvalue weighted by atomic mass is 10.1. The first-order valence-electron chi connectivity index (χ1n) is 6.72. The van der Waals surface area contributed by atoms with Gasteiger partial charge in [-0.25, -0.2) is 4.39 Å². The Morgan fingerprint density at radius 1 is 1.14 bits per heavy atom. The lowest BCUT2D eigenvalue weighted by Crippen LogP contribution is -2.05. The first-order chi connectivity index (χ1) is 10.1. The largest absolute Gasteiger partial charge is 0.390 e. The Balaban J connectivity index is 2.14. The van der Waals surface area contributed by atoms with Crippen LogP contribution in [0.5, 0.6) is 0 Å². The van der Waals surface area contributed by atoms with Crippen molar-refractivity contribution in [3.05, 3.63) is 70.1 Å². The minimum Gasteiger partial charge on any atom is -0.390 e. The van der Waals surface area contributed by atoms with Crippen LogP contribution < -0.4 is 0 Å². The van der Waals surface area contributed by atoms with E-state index in [1.807, 2.05) is 35.8 Å². The standard InChI is InChI=1S/C17H15ClFNO/c1-11-15-8-14(19)6-7-16(15)20(17(11)10-21)9-12-2-4-13(18)5-3-12/h2-8,21H,9-10H2,1H3. The maximum absolute atomic E-state index is 13.4. The Bertz CT molecular complexity index is 793. The summed E-state index contributed by atoms with van der Waals surface area (Å²) in [5, 5.41) is 11.2. The predicted molar refractivity (Wildman–Crippen MR) is 83.1 cm³/mol. The Morgan fingerprint density at radius 3 is 2.52 bits per heavy atom. The van der Waals surface area contributed by atoms with Gasteiger partial charge >= 0.3 is 0 Å². The van der Waals surface area contributed by atoms with Gasteiger partial charge in [0.1, 0.15) is 5.82 Å². The zero-order chi connectivity index (χ0) is 15.0. The zero-order valence-electron chi connectivity index (χ0n) is 11.6. The molecular formula is C17H15ClFNO. The van der Waals surface area contributed by atoms with E-state index in [0.29, 0.717) is 11.6 Å². The van der Waals surface area contributed by atoms with Gasteiger partial charge in [-0.15, -0.1) is 0 Å². The molecule has 0 saturated heterocycles. The number of hydrogen-bond acceptors (Lipinski definition) is 1. The Hall–Kier alpha value is -1.84. The minimum absolute atomic E-state index is 0.0737. The van der Waals surface area contributed by atoms with Crippen molar-refractivity contribution >= 4 is 22.5 Å². The second-order valence-electron chi connectivity index (χ2n) is 5.10. The fourth-order valence-corrected chi connectivity index (χ4v) is 2.83. The van der Waals surface area contributed by atoms with E-state index in [1.54, 1.807) is 6.07 Å². The topological polar surface area (TPSA) is 25.2 Å². The number of rotatable bonds is 3. The predicted octanol–water partition coefficient (Wildman–Crippen LogP) is 4.28. The summed E-state index contributed by atoms with van der Waals surface area (Å²) in [6.45, 7) is 2.45. The van der Waals surface area contributed by atoms with Crippen molar-refractivity contribution in [3.8, 4) is 0 Å². The molecule has 0 radical (unpaired) electrons. The van der Waals surface area contributed by atoms with Crippen LogP contribution in [-0.2, 0) is 13.2 Å². The van der Waals surface area contributed by atoms with Gasteiger partial charge < -0.3 is 9.67 Å². The highest BCUT2D eigenvalue weighted by atomic mass is 35.5. The molecule has 0 amide bonds. The summed E-state index contributed by atoms with van der Waals surface area (Å²) in [5.74, 6) is -0.265. The van der Waals surface area contributed by atoms with Crippen LogP contribution in [-0.4, -0.2) is 9.67 Å². The number of aromatic nitrogens is 1. The highest BCUT2D eigenvalue weighted by Crippen LogP contribution is 2.27. The van der Waals surface area contributed by atoms with Gasteiger partial charge in [-0.2, -0.15) is 0 Å². The van der Waals surface area contributed by atoms with Crippen molar-refractivity contribution in [3.63, 3.8) is 0 Å². The first-order valence-corrected chi connectivity index (χ1v) is 7.10. The van der Waals surface area contributed by atoms with Gasteiger partial charge in [-0.1, -0.05) is 23.7 Å². The van der Waals surface area contributed by atoms with Crippen LogP contribution in [0.15, 0.2) is 42.5 Å². The van der Waals surface area contributed by atoms with E-state index in [-0.39, 0.29) is 12.4 Å². The number of aliphatic hydroxyl groups excluding tert-OH is 1. The number of aliphatic hydroxyl groups is 1. The number of hydrogen-bond donors (Lipinski definition) is 1. The molecular weight excluding hydrogens is 289 g/mol. The summed E-state index contributed by atoms with van der Waals surface area (Å²) in [6.07, 6.45) is 0. The second kappa shape index (κ2) is 5.51. The molecule has 2 nitrogen and oxygen atoms in total. The molecule has 108 valence electrons. The molecule has 0 aliphatic carbocycles. The van der Waals surface area contributed by atoms with Crippen molar-refractivity contribution in [1.29, 1.82) is 0 Å². The molecule has 0 atom stereocenters. The lowest BCUT2D eigenvalue weighted by molar-refractivity contribution is 0.271. The van der Waals surface area contributed by atoms with Crippen molar-refractivity contribution in [2.24, 2.45) is 0 Å². The molecule has 3 rings (SSSR count). The quantitative estimate of drug-likeness (QED) is 0.767. The maximum Gasteiger partial charge on any atom is 0.123 e. The van der Waals surface area contributed by atoms with Gasteiger partial charge in [-0.3, -0.25) is 0 Å². The average Bonchev–Trinajstić information content (AvgIpc) is 2.73. The molecule has 1 heterocycles. The van der Waals surface area contributed by atoms with Crippen molar-refractivity contribution in [2.75, 3.05) is 0 Å². The van der Waals surface area contributed by atoms with Crippen molar-refractivity contribution in [1.82, 2.24) is 4.57 Å². The Labute approximate surface area is 127 Å². The van der Waals surface area contributed by atoms with Crippen LogP contribution in [0.4, 0.5) is 4.39 Å². The second-order valence-corrected chi connectivity index (χ2v) is 5.54. The highest BCUT2D eigenvalue weighted by molar-refractivity contribution is 6.30. The van der Waals surface area contributed by atoms with Crippen LogP contribution in [0.3, 0.4) is 0 Å². The van der Waals surface area contributed by atoms with Crippen LogP contribution in [0.2, 0.25) is 5.02 Å².